The Morgan fingerprint density at radius 1 is 0.256 bits per heavy atom. The number of hydrogen-bond donors (Lipinski definition) is 0. The fraction of sp³-hybridized carbons (Fsp3) is 0.776. The number of carbonyl (C=O) groups excluding carboxylic acids is 3. The molecule has 0 bridgehead atoms. The van der Waals surface area contributed by atoms with Crippen molar-refractivity contribution in [2.75, 3.05) is 13.2 Å². The summed E-state index contributed by atoms with van der Waals surface area (Å²) in [6, 6.07) is 0. The minimum absolute atomic E-state index is 0.0780. The van der Waals surface area contributed by atoms with E-state index in [0.29, 0.717) is 19.3 Å². The number of carbonyl (C=O) groups is 3. The molecule has 0 rings (SSSR count). The lowest BCUT2D eigenvalue weighted by atomic mass is 10.0. The molecule has 0 aromatic rings. The molecule has 0 aromatic carbocycles. The standard InChI is InChI=1S/C76H134O6/c1-4-7-10-13-16-19-22-25-27-29-31-32-33-34-35-36-37-38-39-40-41-42-43-44-45-47-48-51-54-57-60-63-66-69-75(78)81-72-73(71-80-74(77)68-65-62-59-56-53-50-24-21-18-15-12-9-6-3)82-76(79)70-67-64-61-58-55-52-49-46-30-28-26-23-20-17-14-11-8-5-2/h7,10,16,19-21,23-25,27-28,30-32,73H,4-6,8-9,11-15,17-18,22,26,29,33-72H2,1-3H3/b10-7-,19-16-,23-20-,24-21-,27-25-,30-28-,32-31-. The summed E-state index contributed by atoms with van der Waals surface area (Å²) in [6.07, 6.45) is 93.3. The Labute approximate surface area is 509 Å². The van der Waals surface area contributed by atoms with Crippen LogP contribution in [0.15, 0.2) is 85.1 Å². The second kappa shape index (κ2) is 70.1. The predicted octanol–water partition coefficient (Wildman–Crippen LogP) is 24.6. The van der Waals surface area contributed by atoms with Crippen molar-refractivity contribution in [3.8, 4) is 0 Å². The van der Waals surface area contributed by atoms with Gasteiger partial charge in [-0.25, -0.2) is 0 Å². The van der Waals surface area contributed by atoms with Gasteiger partial charge in [-0.3, -0.25) is 14.4 Å². The van der Waals surface area contributed by atoms with E-state index in [1.54, 1.807) is 0 Å². The summed E-state index contributed by atoms with van der Waals surface area (Å²) in [6.45, 7) is 6.53. The van der Waals surface area contributed by atoms with Crippen LogP contribution in [0.4, 0.5) is 0 Å². The van der Waals surface area contributed by atoms with E-state index in [1.165, 1.54) is 218 Å². The van der Waals surface area contributed by atoms with Crippen LogP contribution >= 0.6 is 0 Å². The molecule has 0 heterocycles. The zero-order valence-corrected chi connectivity index (χ0v) is 54.5. The fourth-order valence-electron chi connectivity index (χ4n) is 10.3. The number of allylic oxidation sites excluding steroid dienone is 14. The monoisotopic (exact) mass is 1140 g/mol. The van der Waals surface area contributed by atoms with Gasteiger partial charge in [0.15, 0.2) is 6.10 Å². The SMILES string of the molecule is CC/C=C\C/C=C\C/C=C\C/C=C\CCCCCCCCCCCCCCCCCCCCCCC(=O)OCC(COC(=O)CCCCCCC/C=C\CCCCCC)OC(=O)CCCCCCCCC/C=C\C/C=C\CCCCCC. The fourth-order valence-corrected chi connectivity index (χ4v) is 10.3. The molecule has 0 aliphatic rings. The van der Waals surface area contributed by atoms with Crippen LogP contribution in [-0.4, -0.2) is 37.2 Å². The van der Waals surface area contributed by atoms with E-state index < -0.39 is 6.10 Å². The number of rotatable bonds is 65. The third kappa shape index (κ3) is 67.4. The number of unbranched alkanes of at least 4 members (excludes halogenated alkanes) is 40. The average Bonchev–Trinajstić information content (AvgIpc) is 3.47. The van der Waals surface area contributed by atoms with E-state index in [9.17, 15) is 14.4 Å². The summed E-state index contributed by atoms with van der Waals surface area (Å²) in [5.41, 5.74) is 0. The summed E-state index contributed by atoms with van der Waals surface area (Å²) in [5, 5.41) is 0. The lowest BCUT2D eigenvalue weighted by Gasteiger charge is -2.18. The van der Waals surface area contributed by atoms with Crippen LogP contribution in [0.2, 0.25) is 0 Å². The van der Waals surface area contributed by atoms with Crippen LogP contribution in [0.5, 0.6) is 0 Å². The van der Waals surface area contributed by atoms with Crippen molar-refractivity contribution in [2.45, 2.75) is 367 Å². The molecule has 0 N–H and O–H groups in total. The first-order valence-corrected chi connectivity index (χ1v) is 35.6. The maximum atomic E-state index is 12.9. The Morgan fingerprint density at radius 2 is 0.476 bits per heavy atom. The topological polar surface area (TPSA) is 78.9 Å². The Morgan fingerprint density at radius 3 is 0.756 bits per heavy atom. The zero-order valence-electron chi connectivity index (χ0n) is 54.5. The largest absolute Gasteiger partial charge is 0.462 e. The van der Waals surface area contributed by atoms with Gasteiger partial charge in [-0.15, -0.1) is 0 Å². The molecule has 474 valence electrons. The number of esters is 3. The Kier molecular flexibility index (Phi) is 67.2. The predicted molar refractivity (Wildman–Crippen MR) is 358 cm³/mol. The van der Waals surface area contributed by atoms with Gasteiger partial charge in [0.05, 0.1) is 0 Å². The second-order valence-electron chi connectivity index (χ2n) is 23.8. The molecule has 6 nitrogen and oxygen atoms in total. The Balaban J connectivity index is 4.16. The van der Waals surface area contributed by atoms with Crippen LogP contribution in [0.25, 0.3) is 0 Å². The van der Waals surface area contributed by atoms with Gasteiger partial charge in [-0.1, -0.05) is 311 Å². The first-order chi connectivity index (χ1) is 40.5. The zero-order chi connectivity index (χ0) is 59.2. The molecular weight excluding hydrogens is 1010 g/mol. The average molecular weight is 1140 g/mol. The first-order valence-electron chi connectivity index (χ1n) is 35.6. The minimum Gasteiger partial charge on any atom is -0.462 e. The van der Waals surface area contributed by atoms with E-state index in [1.807, 2.05) is 0 Å². The maximum absolute atomic E-state index is 12.9. The maximum Gasteiger partial charge on any atom is 0.306 e. The van der Waals surface area contributed by atoms with E-state index in [2.05, 4.69) is 106 Å². The molecule has 0 saturated heterocycles. The van der Waals surface area contributed by atoms with Crippen molar-refractivity contribution in [3.63, 3.8) is 0 Å². The highest BCUT2D eigenvalue weighted by molar-refractivity contribution is 5.71. The third-order valence-electron chi connectivity index (χ3n) is 15.6. The highest BCUT2D eigenvalue weighted by atomic mass is 16.6. The second-order valence-corrected chi connectivity index (χ2v) is 23.8. The summed E-state index contributed by atoms with van der Waals surface area (Å²) in [7, 11) is 0. The van der Waals surface area contributed by atoms with E-state index in [4.69, 9.17) is 14.2 Å². The van der Waals surface area contributed by atoms with Crippen molar-refractivity contribution in [3.05, 3.63) is 85.1 Å². The number of ether oxygens (including phenoxy) is 3. The first kappa shape index (κ1) is 78.6. The van der Waals surface area contributed by atoms with Crippen LogP contribution in [-0.2, 0) is 28.6 Å². The van der Waals surface area contributed by atoms with Crippen LogP contribution in [0.1, 0.15) is 361 Å². The van der Waals surface area contributed by atoms with Crippen LogP contribution in [0, 0.1) is 0 Å². The highest BCUT2D eigenvalue weighted by Crippen LogP contribution is 2.18. The van der Waals surface area contributed by atoms with Gasteiger partial charge in [-0.2, -0.15) is 0 Å². The van der Waals surface area contributed by atoms with Gasteiger partial charge < -0.3 is 14.2 Å². The minimum atomic E-state index is -0.783. The van der Waals surface area contributed by atoms with Gasteiger partial charge in [0, 0.05) is 19.3 Å². The van der Waals surface area contributed by atoms with Crippen molar-refractivity contribution in [1.82, 2.24) is 0 Å². The molecule has 0 saturated carbocycles. The number of hydrogen-bond acceptors (Lipinski definition) is 6. The molecule has 0 radical (unpaired) electrons. The van der Waals surface area contributed by atoms with Gasteiger partial charge in [0.2, 0.25) is 0 Å². The molecule has 0 spiro atoms. The van der Waals surface area contributed by atoms with Crippen molar-refractivity contribution < 1.29 is 28.6 Å². The smallest absolute Gasteiger partial charge is 0.306 e. The van der Waals surface area contributed by atoms with E-state index >= 15 is 0 Å². The summed E-state index contributed by atoms with van der Waals surface area (Å²) >= 11 is 0. The van der Waals surface area contributed by atoms with Crippen molar-refractivity contribution >= 4 is 17.9 Å². The van der Waals surface area contributed by atoms with Gasteiger partial charge in [0.25, 0.3) is 0 Å². The van der Waals surface area contributed by atoms with Crippen LogP contribution in [0.3, 0.4) is 0 Å². The normalized spacial score (nSPS) is 12.6. The molecule has 0 aliphatic carbocycles. The molecule has 0 fully saturated rings. The third-order valence-corrected chi connectivity index (χ3v) is 15.6. The van der Waals surface area contributed by atoms with E-state index in [-0.39, 0.29) is 31.1 Å². The van der Waals surface area contributed by atoms with Crippen LogP contribution < -0.4 is 0 Å². The summed E-state index contributed by atoms with van der Waals surface area (Å²) in [4.78, 5) is 38.4. The summed E-state index contributed by atoms with van der Waals surface area (Å²) in [5.74, 6) is -0.876. The highest BCUT2D eigenvalue weighted by Gasteiger charge is 2.19. The molecule has 0 aromatic heterocycles. The Hall–Kier alpha value is -3.41. The van der Waals surface area contributed by atoms with Gasteiger partial charge in [-0.05, 0) is 116 Å². The van der Waals surface area contributed by atoms with Crippen molar-refractivity contribution in [1.29, 1.82) is 0 Å². The molecule has 82 heavy (non-hydrogen) atoms. The Bertz CT molecular complexity index is 1550. The molecular formula is C76H134O6. The molecule has 0 aliphatic heterocycles. The molecule has 1 atom stereocenters. The quantitative estimate of drug-likeness (QED) is 0.0261. The lowest BCUT2D eigenvalue weighted by Crippen LogP contribution is -2.30. The van der Waals surface area contributed by atoms with Crippen molar-refractivity contribution in [2.24, 2.45) is 0 Å². The lowest BCUT2D eigenvalue weighted by molar-refractivity contribution is -0.167. The molecule has 1 unspecified atom stereocenters. The molecule has 0 amide bonds. The van der Waals surface area contributed by atoms with E-state index in [0.717, 1.165) is 103 Å². The van der Waals surface area contributed by atoms with Gasteiger partial charge >= 0.3 is 17.9 Å². The summed E-state index contributed by atoms with van der Waals surface area (Å²) < 4.78 is 17.0. The van der Waals surface area contributed by atoms with Gasteiger partial charge in [0.1, 0.15) is 13.2 Å². The molecule has 6 heteroatoms.